The van der Waals surface area contributed by atoms with Gasteiger partial charge in [0.05, 0.1) is 5.02 Å². The van der Waals surface area contributed by atoms with E-state index in [9.17, 15) is 4.39 Å². The highest BCUT2D eigenvalue weighted by Crippen LogP contribution is 2.23. The fourth-order valence-electron chi connectivity index (χ4n) is 1.96. The summed E-state index contributed by atoms with van der Waals surface area (Å²) in [6.45, 7) is 8.55. The van der Waals surface area contributed by atoms with Gasteiger partial charge in [-0.3, -0.25) is 0 Å². The van der Waals surface area contributed by atoms with Gasteiger partial charge in [-0.15, -0.1) is 0 Å². The van der Waals surface area contributed by atoms with Crippen molar-refractivity contribution in [1.29, 1.82) is 0 Å². The van der Waals surface area contributed by atoms with Gasteiger partial charge in [-0.05, 0) is 49.4 Å². The highest BCUT2D eigenvalue weighted by molar-refractivity contribution is 6.30. The first kappa shape index (κ1) is 15.5. The third kappa shape index (κ3) is 4.58. The van der Waals surface area contributed by atoms with Crippen LogP contribution in [0.4, 0.5) is 4.39 Å². The Labute approximate surface area is 115 Å². The largest absolute Gasteiger partial charge is 0.316 e. The molecule has 1 nitrogen and oxygen atoms in total. The Kier molecular flexibility index (Phi) is 6.66. The van der Waals surface area contributed by atoms with Gasteiger partial charge in [-0.25, -0.2) is 4.39 Å². The molecule has 102 valence electrons. The third-order valence-corrected chi connectivity index (χ3v) is 3.73. The van der Waals surface area contributed by atoms with E-state index in [-0.39, 0.29) is 10.8 Å². The van der Waals surface area contributed by atoms with E-state index in [1.54, 1.807) is 6.07 Å². The van der Waals surface area contributed by atoms with E-state index < -0.39 is 0 Å². The van der Waals surface area contributed by atoms with Crippen molar-refractivity contribution < 1.29 is 4.39 Å². The minimum absolute atomic E-state index is 0.219. The minimum atomic E-state index is -0.264. The second kappa shape index (κ2) is 7.75. The standard InChI is InChI=1S/C15H23ClFN/c1-4-8-18-10-12(3)11(2)9-13-6-5-7-14(16)15(13)17/h5-7,11-12,18H,4,8-10H2,1-3H3. The first-order valence-corrected chi connectivity index (χ1v) is 7.07. The Bertz CT molecular complexity index is 368. The van der Waals surface area contributed by atoms with Crippen LogP contribution in [-0.2, 0) is 6.42 Å². The predicted octanol–water partition coefficient (Wildman–Crippen LogP) is 4.29. The molecule has 0 aliphatic heterocycles. The molecule has 0 fully saturated rings. The van der Waals surface area contributed by atoms with Gasteiger partial charge in [-0.1, -0.05) is 44.5 Å². The first-order valence-electron chi connectivity index (χ1n) is 6.69. The Morgan fingerprint density at radius 3 is 2.67 bits per heavy atom. The molecular weight excluding hydrogens is 249 g/mol. The molecule has 3 heteroatoms. The maximum atomic E-state index is 13.8. The van der Waals surface area contributed by atoms with Crippen molar-refractivity contribution in [2.75, 3.05) is 13.1 Å². The number of hydrogen-bond donors (Lipinski definition) is 1. The zero-order valence-electron chi connectivity index (χ0n) is 11.5. The van der Waals surface area contributed by atoms with E-state index in [4.69, 9.17) is 11.6 Å². The van der Waals surface area contributed by atoms with Gasteiger partial charge in [0, 0.05) is 0 Å². The van der Waals surface area contributed by atoms with Crippen LogP contribution >= 0.6 is 11.6 Å². The summed E-state index contributed by atoms with van der Waals surface area (Å²) in [5, 5.41) is 3.63. The summed E-state index contributed by atoms with van der Waals surface area (Å²) in [5.41, 5.74) is 0.720. The van der Waals surface area contributed by atoms with Gasteiger partial charge < -0.3 is 5.32 Å². The van der Waals surface area contributed by atoms with Gasteiger partial charge >= 0.3 is 0 Å². The lowest BCUT2D eigenvalue weighted by Crippen LogP contribution is -2.26. The molecule has 0 saturated heterocycles. The van der Waals surface area contributed by atoms with Gasteiger partial charge in [0.25, 0.3) is 0 Å². The molecule has 0 aromatic heterocycles. The maximum absolute atomic E-state index is 13.8. The predicted molar refractivity (Wildman–Crippen MR) is 76.6 cm³/mol. The van der Waals surface area contributed by atoms with Crippen molar-refractivity contribution in [2.45, 2.75) is 33.6 Å². The number of benzene rings is 1. The van der Waals surface area contributed by atoms with Crippen LogP contribution in [0.5, 0.6) is 0 Å². The summed E-state index contributed by atoms with van der Waals surface area (Å²) in [7, 11) is 0. The number of nitrogens with one attached hydrogen (secondary N) is 1. The number of hydrogen-bond acceptors (Lipinski definition) is 1. The van der Waals surface area contributed by atoms with Gasteiger partial charge in [0.2, 0.25) is 0 Å². The topological polar surface area (TPSA) is 12.0 Å². The van der Waals surface area contributed by atoms with Crippen LogP contribution in [0.1, 0.15) is 32.8 Å². The summed E-state index contributed by atoms with van der Waals surface area (Å²) >= 11 is 5.79. The summed E-state index contributed by atoms with van der Waals surface area (Å²) in [6, 6.07) is 5.23. The molecule has 0 bridgehead atoms. The highest BCUT2D eigenvalue weighted by Gasteiger charge is 2.15. The van der Waals surface area contributed by atoms with Crippen molar-refractivity contribution in [3.63, 3.8) is 0 Å². The lowest BCUT2D eigenvalue weighted by Gasteiger charge is -2.20. The zero-order chi connectivity index (χ0) is 13.5. The summed E-state index contributed by atoms with van der Waals surface area (Å²) in [5.74, 6) is 0.692. The minimum Gasteiger partial charge on any atom is -0.316 e. The first-order chi connectivity index (χ1) is 8.56. The molecular formula is C15H23ClFN. The van der Waals surface area contributed by atoms with E-state index in [0.29, 0.717) is 11.8 Å². The van der Waals surface area contributed by atoms with Crippen LogP contribution < -0.4 is 5.32 Å². The van der Waals surface area contributed by atoms with E-state index >= 15 is 0 Å². The Morgan fingerprint density at radius 1 is 1.28 bits per heavy atom. The van der Waals surface area contributed by atoms with Gasteiger partial charge in [0.1, 0.15) is 5.82 Å². The monoisotopic (exact) mass is 271 g/mol. The zero-order valence-corrected chi connectivity index (χ0v) is 12.2. The number of rotatable bonds is 7. The average molecular weight is 272 g/mol. The molecule has 18 heavy (non-hydrogen) atoms. The van der Waals surface area contributed by atoms with E-state index in [1.807, 2.05) is 12.1 Å². The maximum Gasteiger partial charge on any atom is 0.144 e. The van der Waals surface area contributed by atoms with E-state index in [2.05, 4.69) is 26.1 Å². The van der Waals surface area contributed by atoms with Crippen molar-refractivity contribution in [2.24, 2.45) is 11.8 Å². The highest BCUT2D eigenvalue weighted by atomic mass is 35.5. The molecule has 2 unspecified atom stereocenters. The summed E-state index contributed by atoms with van der Waals surface area (Å²) < 4.78 is 13.8. The van der Waals surface area contributed by atoms with Crippen LogP contribution in [0.15, 0.2) is 18.2 Å². The SMILES string of the molecule is CCCNCC(C)C(C)Cc1cccc(Cl)c1F. The molecule has 0 amide bonds. The Hall–Kier alpha value is -0.600. The summed E-state index contributed by atoms with van der Waals surface area (Å²) in [6.07, 6.45) is 1.88. The average Bonchev–Trinajstić information content (AvgIpc) is 2.35. The quantitative estimate of drug-likeness (QED) is 0.730. The van der Waals surface area contributed by atoms with Crippen molar-refractivity contribution in [3.05, 3.63) is 34.6 Å². The molecule has 0 spiro atoms. The van der Waals surface area contributed by atoms with Crippen LogP contribution in [0.2, 0.25) is 5.02 Å². The van der Waals surface area contributed by atoms with Crippen molar-refractivity contribution in [3.8, 4) is 0 Å². The van der Waals surface area contributed by atoms with Crippen molar-refractivity contribution in [1.82, 2.24) is 5.32 Å². The molecule has 1 aromatic rings. The lowest BCUT2D eigenvalue weighted by molar-refractivity contribution is 0.362. The van der Waals surface area contributed by atoms with Gasteiger partial charge in [-0.2, -0.15) is 0 Å². The van der Waals surface area contributed by atoms with Crippen LogP contribution in [-0.4, -0.2) is 13.1 Å². The second-order valence-electron chi connectivity index (χ2n) is 5.08. The second-order valence-corrected chi connectivity index (χ2v) is 5.48. The summed E-state index contributed by atoms with van der Waals surface area (Å²) in [4.78, 5) is 0. The molecule has 0 aliphatic carbocycles. The Morgan fingerprint density at radius 2 is 2.00 bits per heavy atom. The van der Waals surface area contributed by atoms with Crippen LogP contribution in [0.25, 0.3) is 0 Å². The molecule has 1 rings (SSSR count). The third-order valence-electron chi connectivity index (χ3n) is 3.44. The fraction of sp³-hybridized carbons (Fsp3) is 0.600. The smallest absolute Gasteiger partial charge is 0.144 e. The molecule has 0 radical (unpaired) electrons. The van der Waals surface area contributed by atoms with Crippen LogP contribution in [0, 0.1) is 17.7 Å². The molecule has 0 saturated carbocycles. The molecule has 2 atom stereocenters. The molecule has 1 N–H and O–H groups in total. The molecule has 0 aliphatic rings. The fourth-order valence-corrected chi connectivity index (χ4v) is 2.16. The van der Waals surface area contributed by atoms with Crippen molar-refractivity contribution >= 4 is 11.6 Å². The number of halogens is 2. The normalized spacial score (nSPS) is 14.5. The van der Waals surface area contributed by atoms with Crippen LogP contribution in [0.3, 0.4) is 0 Å². The lowest BCUT2D eigenvalue weighted by atomic mass is 9.89. The molecule has 1 aromatic carbocycles. The van der Waals surface area contributed by atoms with E-state index in [1.165, 1.54) is 0 Å². The van der Waals surface area contributed by atoms with E-state index in [0.717, 1.165) is 31.5 Å². The Balaban J connectivity index is 2.53. The molecule has 0 heterocycles. The van der Waals surface area contributed by atoms with Gasteiger partial charge in [0.15, 0.2) is 0 Å².